The van der Waals surface area contributed by atoms with Gasteiger partial charge in [0.2, 0.25) is 0 Å². The quantitative estimate of drug-likeness (QED) is 0.260. The highest BCUT2D eigenvalue weighted by atomic mass is 16.5. The smallest absolute Gasteiger partial charge is 0.338 e. The zero-order valence-electron chi connectivity index (χ0n) is 25.8. The van der Waals surface area contributed by atoms with Gasteiger partial charge in [0.15, 0.2) is 0 Å². The van der Waals surface area contributed by atoms with Crippen LogP contribution < -0.4 is 0 Å². The summed E-state index contributed by atoms with van der Waals surface area (Å²) >= 11 is 0. The number of rotatable bonds is 8. The summed E-state index contributed by atoms with van der Waals surface area (Å²) < 4.78 is 6.02. The molecule has 0 saturated heterocycles. The first kappa shape index (κ1) is 29.4. The van der Waals surface area contributed by atoms with Gasteiger partial charge in [-0.25, -0.2) is 9.59 Å². The Morgan fingerprint density at radius 3 is 2.48 bits per heavy atom. The minimum absolute atomic E-state index is 0.132. The molecule has 4 nitrogen and oxygen atoms in total. The monoisotopic (exact) mass is 548 g/mol. The second kappa shape index (κ2) is 11.3. The Labute approximate surface area is 242 Å². The fraction of sp³-hybridized carbons (Fsp3) is 0.722. The number of ether oxygens (including phenoxy) is 1. The summed E-state index contributed by atoms with van der Waals surface area (Å²) in [7, 11) is 0. The van der Waals surface area contributed by atoms with Crippen molar-refractivity contribution in [3.63, 3.8) is 0 Å². The van der Waals surface area contributed by atoms with Gasteiger partial charge in [-0.05, 0) is 116 Å². The van der Waals surface area contributed by atoms with Gasteiger partial charge in [-0.1, -0.05) is 71.6 Å². The molecule has 40 heavy (non-hydrogen) atoms. The first-order valence-corrected chi connectivity index (χ1v) is 16.2. The number of hydrogen-bond acceptors (Lipinski definition) is 3. The summed E-state index contributed by atoms with van der Waals surface area (Å²) in [5, 5.41) is 9.45. The molecule has 3 fully saturated rings. The molecule has 4 heteroatoms. The Morgan fingerprint density at radius 1 is 1.00 bits per heavy atom. The highest BCUT2D eigenvalue weighted by Gasteiger charge is 2.59. The van der Waals surface area contributed by atoms with E-state index in [1.165, 1.54) is 56.9 Å². The van der Waals surface area contributed by atoms with Crippen LogP contribution >= 0.6 is 0 Å². The molecule has 0 spiro atoms. The highest BCUT2D eigenvalue weighted by Crippen LogP contribution is 2.67. The van der Waals surface area contributed by atoms with Gasteiger partial charge in [0, 0.05) is 6.42 Å². The first-order chi connectivity index (χ1) is 19.0. The summed E-state index contributed by atoms with van der Waals surface area (Å²) in [5.41, 5.74) is 3.23. The van der Waals surface area contributed by atoms with Gasteiger partial charge in [0.1, 0.15) is 6.10 Å². The van der Waals surface area contributed by atoms with Crippen molar-refractivity contribution in [2.75, 3.05) is 0 Å². The Hall–Kier alpha value is -2.10. The second-order valence-electron chi connectivity index (χ2n) is 14.8. The lowest BCUT2D eigenvalue weighted by Crippen LogP contribution is -2.51. The molecule has 1 N–H and O–H groups in total. The maximum Gasteiger partial charge on any atom is 0.338 e. The molecule has 220 valence electrons. The van der Waals surface area contributed by atoms with E-state index < -0.39 is 11.9 Å². The highest BCUT2D eigenvalue weighted by molar-refractivity contribution is 5.97. The van der Waals surface area contributed by atoms with Gasteiger partial charge in [0.05, 0.1) is 11.1 Å². The van der Waals surface area contributed by atoms with Crippen molar-refractivity contribution in [2.24, 2.45) is 46.3 Å². The molecule has 4 aliphatic rings. The number of carbonyl (C=O) groups is 2. The zero-order valence-corrected chi connectivity index (χ0v) is 25.8. The second-order valence-corrected chi connectivity index (χ2v) is 14.8. The number of esters is 1. The molecule has 0 aromatic heterocycles. The van der Waals surface area contributed by atoms with Crippen molar-refractivity contribution in [2.45, 2.75) is 118 Å². The average Bonchev–Trinajstić information content (AvgIpc) is 3.26. The molecule has 1 aromatic rings. The van der Waals surface area contributed by atoms with Crippen LogP contribution in [0.1, 0.15) is 132 Å². The summed E-state index contributed by atoms with van der Waals surface area (Å²) in [6.45, 7) is 14.1. The normalized spacial score (nSPS) is 35.8. The number of allylic oxidation sites excluding steroid dienone is 1. The molecule has 0 amide bonds. The number of carboxylic acids is 1. The van der Waals surface area contributed by atoms with E-state index in [1.54, 1.807) is 25.1 Å². The van der Waals surface area contributed by atoms with E-state index in [2.05, 4.69) is 40.7 Å². The van der Waals surface area contributed by atoms with Crippen molar-refractivity contribution >= 4 is 11.9 Å². The fourth-order valence-corrected chi connectivity index (χ4v) is 10.1. The number of hydrogen-bond donors (Lipinski definition) is 1. The van der Waals surface area contributed by atoms with Crippen LogP contribution in [0.2, 0.25) is 0 Å². The van der Waals surface area contributed by atoms with E-state index in [4.69, 9.17) is 4.74 Å². The topological polar surface area (TPSA) is 63.6 Å². The Kier molecular flexibility index (Phi) is 8.30. The van der Waals surface area contributed by atoms with Crippen molar-refractivity contribution in [1.82, 2.24) is 0 Å². The number of fused-ring (bicyclic) bond motifs is 5. The Bertz CT molecular complexity index is 1150. The van der Waals surface area contributed by atoms with Gasteiger partial charge >= 0.3 is 11.9 Å². The van der Waals surface area contributed by atoms with Gasteiger partial charge < -0.3 is 9.84 Å². The van der Waals surface area contributed by atoms with Crippen LogP contribution in [0, 0.1) is 53.3 Å². The maximum absolute atomic E-state index is 13.1. The van der Waals surface area contributed by atoms with E-state index in [0.29, 0.717) is 16.5 Å². The standard InChI is InChI=1S/C36H52O4/c1-22(2)9-7-10-23(3)30-15-16-31-29-14-13-25-21-26(17-19-35(25,5)32(29)18-20-36(30,31)6)40-34(39)28-12-8-11-27(24(28)4)33(37)38/h8,11-13,22-23,26,29-32H,7,9-10,14-21H2,1-6H3,(H,37,38)/t23-,26?,29?,30-,31?,32?,35+,36-/m1/s1. The Balaban J connectivity index is 1.26. The fourth-order valence-electron chi connectivity index (χ4n) is 10.1. The van der Waals surface area contributed by atoms with Crippen LogP contribution in [0.5, 0.6) is 0 Å². The first-order valence-electron chi connectivity index (χ1n) is 16.2. The SMILES string of the molecule is Cc1c(C(=O)O)cccc1C(=O)OC1CC[C@@]2(C)C(=CCC3C2CC[C@@]2(C)C3CC[C@@H]2[C@H](C)CCCC(C)C)C1. The third kappa shape index (κ3) is 5.18. The van der Waals surface area contributed by atoms with Gasteiger partial charge in [-0.3, -0.25) is 0 Å². The third-order valence-corrected chi connectivity index (χ3v) is 12.3. The lowest BCUT2D eigenvalue weighted by molar-refractivity contribution is -0.0594. The maximum atomic E-state index is 13.1. The summed E-state index contributed by atoms with van der Waals surface area (Å²) in [6.07, 6.45) is 16.0. The number of benzene rings is 1. The summed E-state index contributed by atoms with van der Waals surface area (Å²) in [6, 6.07) is 4.85. The average molecular weight is 549 g/mol. The lowest BCUT2D eigenvalue weighted by Gasteiger charge is -2.58. The van der Waals surface area contributed by atoms with Gasteiger partial charge in [-0.2, -0.15) is 0 Å². The molecule has 1 aromatic carbocycles. The minimum atomic E-state index is -1.01. The summed E-state index contributed by atoms with van der Waals surface area (Å²) in [4.78, 5) is 24.6. The van der Waals surface area contributed by atoms with Gasteiger partial charge in [-0.15, -0.1) is 0 Å². The van der Waals surface area contributed by atoms with Crippen molar-refractivity contribution in [1.29, 1.82) is 0 Å². The molecule has 4 unspecified atom stereocenters. The van der Waals surface area contributed by atoms with E-state index in [9.17, 15) is 14.7 Å². The largest absolute Gasteiger partial charge is 0.478 e. The minimum Gasteiger partial charge on any atom is -0.478 e. The van der Waals surface area contributed by atoms with Gasteiger partial charge in [0.25, 0.3) is 0 Å². The van der Waals surface area contributed by atoms with Crippen LogP contribution in [0.15, 0.2) is 29.8 Å². The van der Waals surface area contributed by atoms with Crippen molar-refractivity contribution in [3.8, 4) is 0 Å². The molecule has 5 rings (SSSR count). The molecule has 0 heterocycles. The van der Waals surface area contributed by atoms with Crippen LogP contribution in [0.4, 0.5) is 0 Å². The van der Waals surface area contributed by atoms with Crippen molar-refractivity contribution in [3.05, 3.63) is 46.5 Å². The van der Waals surface area contributed by atoms with Crippen LogP contribution in [0.25, 0.3) is 0 Å². The van der Waals surface area contributed by atoms with E-state index in [1.807, 2.05) is 0 Å². The van der Waals surface area contributed by atoms with Crippen molar-refractivity contribution < 1.29 is 19.4 Å². The third-order valence-electron chi connectivity index (χ3n) is 12.3. The van der Waals surface area contributed by atoms with E-state index >= 15 is 0 Å². The predicted molar refractivity (Wildman–Crippen MR) is 160 cm³/mol. The molecule has 4 aliphatic carbocycles. The van der Waals surface area contributed by atoms with E-state index in [-0.39, 0.29) is 17.1 Å². The number of carbonyl (C=O) groups excluding carboxylic acids is 1. The van der Waals surface area contributed by atoms with Crippen LogP contribution in [-0.4, -0.2) is 23.1 Å². The molecule has 0 radical (unpaired) electrons. The Morgan fingerprint density at radius 2 is 1.75 bits per heavy atom. The van der Waals surface area contributed by atoms with Crippen LogP contribution in [-0.2, 0) is 4.74 Å². The lowest BCUT2D eigenvalue weighted by atomic mass is 9.47. The zero-order chi connectivity index (χ0) is 28.8. The molecule has 8 atom stereocenters. The number of carboxylic acid groups (broad SMARTS) is 1. The molecular weight excluding hydrogens is 496 g/mol. The molecule has 0 bridgehead atoms. The molecular formula is C36H52O4. The number of aromatic carboxylic acids is 1. The molecule has 0 aliphatic heterocycles. The van der Waals surface area contributed by atoms with Crippen LogP contribution in [0.3, 0.4) is 0 Å². The van der Waals surface area contributed by atoms with E-state index in [0.717, 1.165) is 54.8 Å². The molecule has 3 saturated carbocycles. The predicted octanol–water partition coefficient (Wildman–Crippen LogP) is 9.26. The summed E-state index contributed by atoms with van der Waals surface area (Å²) in [5.74, 6) is 3.50.